The fourth-order valence-corrected chi connectivity index (χ4v) is 2.32. The summed E-state index contributed by atoms with van der Waals surface area (Å²) in [6.45, 7) is 5.53. The molecule has 1 rings (SSSR count). The van der Waals surface area contributed by atoms with Gasteiger partial charge in [-0.1, -0.05) is 32.4 Å². The summed E-state index contributed by atoms with van der Waals surface area (Å²) < 4.78 is 5.13. The molecule has 0 aromatic heterocycles. The molecule has 0 atom stereocenters. The molecule has 0 fully saturated rings. The lowest BCUT2D eigenvalue weighted by molar-refractivity contribution is 0.214. The molecule has 1 aromatic rings. The minimum absolute atomic E-state index is 0.00810. The molecule has 0 radical (unpaired) electrons. The lowest BCUT2D eigenvalue weighted by Crippen LogP contribution is -2.23. The number of hydrogen-bond donors (Lipinski definition) is 2. The smallest absolute Gasteiger partial charge is 0.163 e. The van der Waals surface area contributed by atoms with Crippen molar-refractivity contribution in [3.05, 3.63) is 22.2 Å². The van der Waals surface area contributed by atoms with E-state index in [2.05, 4.69) is 0 Å². The fraction of sp³-hybridized carbons (Fsp3) is 0.538. The molecular formula is C13H19ClO3. The van der Waals surface area contributed by atoms with E-state index in [1.54, 1.807) is 6.07 Å². The number of rotatable bonds is 4. The number of methoxy groups -OCH3 is 1. The van der Waals surface area contributed by atoms with Gasteiger partial charge in [-0.2, -0.15) is 0 Å². The summed E-state index contributed by atoms with van der Waals surface area (Å²) in [6.07, 6.45) is 0.740. The Labute approximate surface area is 107 Å². The molecule has 17 heavy (non-hydrogen) atoms. The van der Waals surface area contributed by atoms with Crippen LogP contribution >= 0.6 is 11.6 Å². The summed E-state index contributed by atoms with van der Waals surface area (Å²) in [5.41, 5.74) is 0.829. The Bertz CT molecular complexity index is 385. The number of halogens is 1. The largest absolute Gasteiger partial charge is 0.504 e. The number of ether oxygens (including phenoxy) is 1. The molecule has 0 bridgehead atoms. The maximum absolute atomic E-state index is 10.1. The van der Waals surface area contributed by atoms with Gasteiger partial charge in [0.2, 0.25) is 0 Å². The van der Waals surface area contributed by atoms with Crippen LogP contribution in [0.5, 0.6) is 11.5 Å². The number of aryl methyl sites for hydroxylation is 1. The van der Waals surface area contributed by atoms with Gasteiger partial charge in [-0.15, -0.1) is 0 Å². The molecule has 0 aliphatic carbocycles. The third kappa shape index (κ3) is 2.50. The third-order valence-corrected chi connectivity index (χ3v) is 3.38. The van der Waals surface area contributed by atoms with Gasteiger partial charge < -0.3 is 14.9 Å². The van der Waals surface area contributed by atoms with Crippen LogP contribution in [0.2, 0.25) is 5.02 Å². The number of aliphatic hydroxyl groups is 1. The highest BCUT2D eigenvalue weighted by Gasteiger charge is 2.29. The van der Waals surface area contributed by atoms with Gasteiger partial charge in [-0.25, -0.2) is 0 Å². The standard InChI is InChI=1S/C13H19ClO3/c1-5-8-6-9(17-4)12(16)10(11(8)14)13(2,3)7-15/h6,15-16H,5,7H2,1-4H3. The van der Waals surface area contributed by atoms with Gasteiger partial charge in [0.15, 0.2) is 11.5 Å². The van der Waals surface area contributed by atoms with Crippen LogP contribution in [0, 0.1) is 0 Å². The molecule has 2 N–H and O–H groups in total. The van der Waals surface area contributed by atoms with E-state index >= 15 is 0 Å². The second kappa shape index (κ2) is 5.15. The maximum atomic E-state index is 10.1. The van der Waals surface area contributed by atoms with Gasteiger partial charge in [0.05, 0.1) is 18.7 Å². The Morgan fingerprint density at radius 2 is 2.00 bits per heavy atom. The number of aliphatic hydroxyl groups excluding tert-OH is 1. The van der Waals surface area contributed by atoms with E-state index in [-0.39, 0.29) is 12.4 Å². The molecule has 0 saturated carbocycles. The summed E-state index contributed by atoms with van der Waals surface area (Å²) in [6, 6.07) is 1.73. The lowest BCUT2D eigenvalue weighted by Gasteiger charge is -2.26. The predicted molar refractivity (Wildman–Crippen MR) is 69.2 cm³/mol. The summed E-state index contributed by atoms with van der Waals surface area (Å²) in [7, 11) is 1.50. The summed E-state index contributed by atoms with van der Waals surface area (Å²) in [4.78, 5) is 0. The first-order valence-corrected chi connectivity index (χ1v) is 5.96. The lowest BCUT2D eigenvalue weighted by atomic mass is 9.83. The highest BCUT2D eigenvalue weighted by molar-refractivity contribution is 6.32. The van der Waals surface area contributed by atoms with Crippen molar-refractivity contribution in [1.29, 1.82) is 0 Å². The predicted octanol–water partition coefficient (Wildman–Crippen LogP) is 2.89. The maximum Gasteiger partial charge on any atom is 0.163 e. The second-order valence-electron chi connectivity index (χ2n) is 4.67. The normalized spacial score (nSPS) is 11.6. The van der Waals surface area contributed by atoms with Crippen molar-refractivity contribution in [3.63, 3.8) is 0 Å². The van der Waals surface area contributed by atoms with Crippen LogP contribution in [-0.2, 0) is 11.8 Å². The summed E-state index contributed by atoms with van der Waals surface area (Å²) >= 11 is 6.28. The molecule has 0 heterocycles. The molecule has 0 amide bonds. The number of phenolic OH excluding ortho intramolecular Hbond substituents is 1. The number of phenols is 1. The number of benzene rings is 1. The first-order valence-electron chi connectivity index (χ1n) is 5.58. The van der Waals surface area contributed by atoms with Crippen molar-refractivity contribution in [2.24, 2.45) is 0 Å². The summed E-state index contributed by atoms with van der Waals surface area (Å²) in [5.74, 6) is 0.400. The quantitative estimate of drug-likeness (QED) is 0.873. The summed E-state index contributed by atoms with van der Waals surface area (Å²) in [5, 5.41) is 20.1. The van der Waals surface area contributed by atoms with Gasteiger partial charge >= 0.3 is 0 Å². The van der Waals surface area contributed by atoms with E-state index < -0.39 is 5.41 Å². The van der Waals surface area contributed by atoms with E-state index in [1.165, 1.54) is 7.11 Å². The highest BCUT2D eigenvalue weighted by atomic mass is 35.5. The van der Waals surface area contributed by atoms with Crippen LogP contribution in [0.3, 0.4) is 0 Å². The zero-order valence-corrected chi connectivity index (χ0v) is 11.4. The first kappa shape index (κ1) is 14.1. The molecule has 1 aromatic carbocycles. The monoisotopic (exact) mass is 258 g/mol. The van der Waals surface area contributed by atoms with E-state index in [9.17, 15) is 10.2 Å². The fourth-order valence-electron chi connectivity index (χ4n) is 1.79. The molecule has 0 unspecified atom stereocenters. The SMILES string of the molecule is CCc1cc(OC)c(O)c(C(C)(C)CO)c1Cl. The third-order valence-electron chi connectivity index (χ3n) is 2.95. The van der Waals surface area contributed by atoms with Crippen molar-refractivity contribution in [2.75, 3.05) is 13.7 Å². The van der Waals surface area contributed by atoms with Crippen molar-refractivity contribution >= 4 is 11.6 Å². The van der Waals surface area contributed by atoms with Crippen LogP contribution in [-0.4, -0.2) is 23.9 Å². The molecular weight excluding hydrogens is 240 g/mol. The zero-order valence-electron chi connectivity index (χ0n) is 10.7. The van der Waals surface area contributed by atoms with E-state index in [4.69, 9.17) is 16.3 Å². The van der Waals surface area contributed by atoms with Crippen LogP contribution in [0.25, 0.3) is 0 Å². The highest BCUT2D eigenvalue weighted by Crippen LogP contribution is 2.44. The van der Waals surface area contributed by atoms with Crippen molar-refractivity contribution in [2.45, 2.75) is 32.6 Å². The van der Waals surface area contributed by atoms with Gasteiger partial charge in [-0.3, -0.25) is 0 Å². The Balaban J connectivity index is 3.56. The minimum Gasteiger partial charge on any atom is -0.504 e. The average Bonchev–Trinajstić information content (AvgIpc) is 2.29. The number of aromatic hydroxyl groups is 1. The Kier molecular flexibility index (Phi) is 4.28. The van der Waals surface area contributed by atoms with Crippen LogP contribution in [0.4, 0.5) is 0 Å². The second-order valence-corrected chi connectivity index (χ2v) is 5.05. The van der Waals surface area contributed by atoms with Gasteiger partial charge in [-0.05, 0) is 18.1 Å². The van der Waals surface area contributed by atoms with Crippen LogP contribution in [0.1, 0.15) is 31.9 Å². The number of hydrogen-bond acceptors (Lipinski definition) is 3. The van der Waals surface area contributed by atoms with Gasteiger partial charge in [0.25, 0.3) is 0 Å². The minimum atomic E-state index is -0.611. The van der Waals surface area contributed by atoms with Gasteiger partial charge in [0.1, 0.15) is 0 Å². The van der Waals surface area contributed by atoms with Crippen LogP contribution < -0.4 is 4.74 Å². The van der Waals surface area contributed by atoms with E-state index in [0.717, 1.165) is 12.0 Å². The van der Waals surface area contributed by atoms with Crippen molar-refractivity contribution in [3.8, 4) is 11.5 Å². The molecule has 4 heteroatoms. The molecule has 0 aliphatic rings. The average molecular weight is 259 g/mol. The molecule has 96 valence electrons. The van der Waals surface area contributed by atoms with Crippen molar-refractivity contribution < 1.29 is 14.9 Å². The molecule has 0 saturated heterocycles. The topological polar surface area (TPSA) is 49.7 Å². The zero-order chi connectivity index (χ0) is 13.2. The Morgan fingerprint density at radius 1 is 1.41 bits per heavy atom. The molecule has 0 aliphatic heterocycles. The van der Waals surface area contributed by atoms with E-state index in [1.807, 2.05) is 20.8 Å². The van der Waals surface area contributed by atoms with E-state index in [0.29, 0.717) is 16.3 Å². The molecule has 0 spiro atoms. The Hall–Kier alpha value is -0.930. The van der Waals surface area contributed by atoms with Crippen molar-refractivity contribution in [1.82, 2.24) is 0 Å². The first-order chi connectivity index (χ1) is 7.88. The molecule has 3 nitrogen and oxygen atoms in total. The Morgan fingerprint density at radius 3 is 2.41 bits per heavy atom. The van der Waals surface area contributed by atoms with Gasteiger partial charge in [0, 0.05) is 11.0 Å². The van der Waals surface area contributed by atoms with Crippen LogP contribution in [0.15, 0.2) is 6.07 Å².